The Kier molecular flexibility index (Phi) is 7.89. The number of aliphatic carboxylic acids is 1. The van der Waals surface area contributed by atoms with Gasteiger partial charge in [0.2, 0.25) is 10.0 Å². The maximum Gasteiger partial charge on any atom is 0.303 e. The summed E-state index contributed by atoms with van der Waals surface area (Å²) in [5.74, 6) is -0.943. The summed E-state index contributed by atoms with van der Waals surface area (Å²) in [4.78, 5) is 13.1. The van der Waals surface area contributed by atoms with E-state index in [1.807, 2.05) is 13.0 Å². The van der Waals surface area contributed by atoms with Gasteiger partial charge in [0.1, 0.15) is 22.2 Å². The van der Waals surface area contributed by atoms with Crippen LogP contribution >= 0.6 is 0 Å². The number of carboxylic acids is 1. The summed E-state index contributed by atoms with van der Waals surface area (Å²) in [6.45, 7) is 6.83. The minimum absolute atomic E-state index is 0.0791. The fraction of sp³-hybridized carbons (Fsp3) is 0.333. The van der Waals surface area contributed by atoms with E-state index in [0.29, 0.717) is 0 Å². The lowest BCUT2D eigenvalue weighted by Gasteiger charge is -2.38. The second-order valence-corrected chi connectivity index (χ2v) is 17.2. The van der Waals surface area contributed by atoms with Crippen LogP contribution in [0.2, 0.25) is 13.1 Å². The Morgan fingerprint density at radius 3 is 2.36 bits per heavy atom. The van der Waals surface area contributed by atoms with Gasteiger partial charge >= 0.3 is 5.97 Å². The van der Waals surface area contributed by atoms with E-state index in [4.69, 9.17) is 5.11 Å². The van der Waals surface area contributed by atoms with Gasteiger partial charge in [-0.2, -0.15) is 0 Å². The van der Waals surface area contributed by atoms with Crippen LogP contribution in [0.5, 0.6) is 0 Å². The molecule has 0 amide bonds. The Hall–Kier alpha value is -3.27. The summed E-state index contributed by atoms with van der Waals surface area (Å²) < 4.78 is 30.5. The number of nitrogens with one attached hydrogen (secondary N) is 1. The molecule has 2 N–H and O–H groups in total. The average molecular weight is 565 g/mol. The molecule has 0 saturated carbocycles. The molecule has 9 heteroatoms. The average Bonchev–Trinajstić information content (AvgIpc) is 2.87. The predicted molar refractivity (Wildman–Crippen MR) is 161 cm³/mol. The second kappa shape index (κ2) is 10.7. The van der Waals surface area contributed by atoms with Crippen LogP contribution in [-0.2, 0) is 14.8 Å². The maximum atomic E-state index is 12.9. The molecule has 206 valence electrons. The first-order chi connectivity index (χ1) is 18.2. The Bertz CT molecular complexity index is 1580. The molecule has 1 aliphatic heterocycles. The topological polar surface area (TPSA) is 89.7 Å². The van der Waals surface area contributed by atoms with Gasteiger partial charge in [-0.3, -0.25) is 4.79 Å². The number of allylic oxidation sites excluding steroid dienone is 5. The van der Waals surface area contributed by atoms with Crippen molar-refractivity contribution < 1.29 is 22.9 Å². The van der Waals surface area contributed by atoms with Gasteiger partial charge in [-0.1, -0.05) is 25.2 Å². The Morgan fingerprint density at radius 2 is 1.74 bits per heavy atom. The molecule has 0 unspecified atom stereocenters. The highest BCUT2D eigenvalue weighted by molar-refractivity contribution is 7.89. The number of benzene rings is 2. The van der Waals surface area contributed by atoms with Crippen molar-refractivity contribution in [3.05, 3.63) is 82.1 Å². The molecule has 0 bridgehead atoms. The van der Waals surface area contributed by atoms with Crippen molar-refractivity contribution in [3.63, 3.8) is 0 Å². The zero-order valence-corrected chi connectivity index (χ0v) is 25.6. The standard InChI is InChI=1S/C30H37N3O4SSi/c1-20-17-23(38(36,37)31-16-8-9-29(34)35)12-15-24(20)30-25-13-10-21(32(2)3)18-27(25)39(6,7)28-19-22(33(4)5)11-14-26(28)30/h10-15,17-19,31H,8-9,16H2,1-7H3/p+1. The zero-order chi connectivity index (χ0) is 28.7. The number of hydrogen-bond donors (Lipinski definition) is 2. The summed E-state index contributed by atoms with van der Waals surface area (Å²) in [6.07, 6.45) is 6.84. The fourth-order valence-electron chi connectivity index (χ4n) is 5.28. The SMILES string of the molecule is Cc1cc(S(=O)(=O)NCCCC(=O)O)ccc1C1=C2C=CC(=[N+](C)C)C=C2[Si](C)(C)c2cc(N(C)C)ccc21. The Balaban J connectivity index is 1.87. The van der Waals surface area contributed by atoms with Crippen LogP contribution in [-0.4, -0.2) is 72.6 Å². The van der Waals surface area contributed by atoms with Crippen molar-refractivity contribution in [2.75, 3.05) is 39.6 Å². The second-order valence-electron chi connectivity index (χ2n) is 11.1. The molecule has 2 aromatic rings. The predicted octanol–water partition coefficient (Wildman–Crippen LogP) is 3.68. The number of sulfonamides is 1. The monoisotopic (exact) mass is 564 g/mol. The van der Waals surface area contributed by atoms with E-state index in [0.717, 1.165) is 28.1 Å². The lowest BCUT2D eigenvalue weighted by Crippen LogP contribution is -2.49. The fourth-order valence-corrected chi connectivity index (χ4v) is 9.51. The smallest absolute Gasteiger partial charge is 0.303 e. The quantitative estimate of drug-likeness (QED) is 0.290. The number of hydrogen-bond acceptors (Lipinski definition) is 4. The van der Waals surface area contributed by atoms with Gasteiger partial charge in [-0.15, -0.1) is 0 Å². The first-order valence-corrected chi connectivity index (χ1v) is 17.6. The third-order valence-electron chi connectivity index (χ3n) is 7.56. The highest BCUT2D eigenvalue weighted by atomic mass is 32.2. The van der Waals surface area contributed by atoms with E-state index in [9.17, 15) is 13.2 Å². The molecule has 1 heterocycles. The van der Waals surface area contributed by atoms with E-state index < -0.39 is 24.1 Å². The third-order valence-corrected chi connectivity index (χ3v) is 12.5. The highest BCUT2D eigenvalue weighted by Crippen LogP contribution is 2.42. The number of nitrogens with zero attached hydrogens (tertiary/aromatic N) is 2. The summed E-state index contributed by atoms with van der Waals surface area (Å²) >= 11 is 0. The number of fused-ring (bicyclic) bond motifs is 2. The Labute approximate surface area is 232 Å². The molecule has 0 radical (unpaired) electrons. The lowest BCUT2D eigenvalue weighted by atomic mass is 9.87. The van der Waals surface area contributed by atoms with Crippen LogP contribution in [0.1, 0.15) is 29.5 Å². The molecule has 0 aromatic heterocycles. The Morgan fingerprint density at radius 1 is 1.05 bits per heavy atom. The van der Waals surface area contributed by atoms with Crippen molar-refractivity contribution in [3.8, 4) is 0 Å². The van der Waals surface area contributed by atoms with Gasteiger partial charge in [0.15, 0.2) is 5.71 Å². The van der Waals surface area contributed by atoms with Gasteiger partial charge < -0.3 is 10.0 Å². The van der Waals surface area contributed by atoms with E-state index in [2.05, 4.69) is 91.9 Å². The van der Waals surface area contributed by atoms with Crippen molar-refractivity contribution in [2.24, 2.45) is 0 Å². The molecule has 39 heavy (non-hydrogen) atoms. The van der Waals surface area contributed by atoms with Gasteiger partial charge in [-0.25, -0.2) is 17.7 Å². The molecular weight excluding hydrogens is 527 g/mol. The summed E-state index contributed by atoms with van der Waals surface area (Å²) in [5.41, 5.74) is 7.71. The van der Waals surface area contributed by atoms with Crippen LogP contribution in [0, 0.1) is 6.92 Å². The van der Waals surface area contributed by atoms with Crippen molar-refractivity contribution in [1.29, 1.82) is 0 Å². The van der Waals surface area contributed by atoms with Gasteiger partial charge in [0, 0.05) is 44.9 Å². The van der Waals surface area contributed by atoms with Crippen LogP contribution < -0.4 is 14.8 Å². The molecule has 0 fully saturated rings. The number of carboxylic acid groups (broad SMARTS) is 1. The first kappa shape index (κ1) is 28.7. The van der Waals surface area contributed by atoms with Crippen molar-refractivity contribution in [1.82, 2.24) is 4.72 Å². The first-order valence-electron chi connectivity index (χ1n) is 13.1. The molecule has 2 aromatic carbocycles. The molecule has 4 rings (SSSR count). The minimum atomic E-state index is -3.75. The normalized spacial score (nSPS) is 16.0. The van der Waals surface area contributed by atoms with Crippen LogP contribution in [0.4, 0.5) is 5.69 Å². The minimum Gasteiger partial charge on any atom is -0.481 e. The number of carbonyl (C=O) groups is 1. The molecule has 0 spiro atoms. The van der Waals surface area contributed by atoms with Gasteiger partial charge in [-0.05, 0) is 81.9 Å². The van der Waals surface area contributed by atoms with E-state index in [1.54, 1.807) is 12.1 Å². The summed E-state index contributed by atoms with van der Waals surface area (Å²) in [7, 11) is 2.40. The van der Waals surface area contributed by atoms with Crippen molar-refractivity contribution >= 4 is 46.2 Å². The summed E-state index contributed by atoms with van der Waals surface area (Å²) in [6, 6.07) is 11.9. The number of anilines is 1. The number of aryl methyl sites for hydroxylation is 1. The van der Waals surface area contributed by atoms with E-state index in [1.165, 1.54) is 21.5 Å². The zero-order valence-electron chi connectivity index (χ0n) is 23.8. The molecule has 7 nitrogen and oxygen atoms in total. The molecule has 0 atom stereocenters. The van der Waals surface area contributed by atoms with Crippen LogP contribution in [0.25, 0.3) is 5.57 Å². The molecule has 1 aliphatic carbocycles. The van der Waals surface area contributed by atoms with E-state index in [-0.39, 0.29) is 24.3 Å². The summed E-state index contributed by atoms with van der Waals surface area (Å²) in [5, 5.41) is 11.6. The largest absolute Gasteiger partial charge is 0.481 e. The lowest BCUT2D eigenvalue weighted by molar-refractivity contribution is -0.462. The van der Waals surface area contributed by atoms with Gasteiger partial charge in [0.25, 0.3) is 0 Å². The highest BCUT2D eigenvalue weighted by Gasteiger charge is 2.40. The molecular formula is C30H38N3O4SSi+. The van der Waals surface area contributed by atoms with E-state index >= 15 is 0 Å². The third kappa shape index (κ3) is 5.57. The van der Waals surface area contributed by atoms with Crippen molar-refractivity contribution in [2.45, 2.75) is 37.8 Å². The number of rotatable bonds is 8. The van der Waals surface area contributed by atoms with Crippen LogP contribution in [0.15, 0.2) is 70.3 Å². The van der Waals surface area contributed by atoms with Crippen LogP contribution in [0.3, 0.4) is 0 Å². The maximum absolute atomic E-state index is 12.9. The molecule has 0 saturated heterocycles. The van der Waals surface area contributed by atoms with Gasteiger partial charge in [0.05, 0.1) is 4.90 Å². The molecule has 2 aliphatic rings.